The predicted octanol–water partition coefficient (Wildman–Crippen LogP) is 3.12. The first-order valence-corrected chi connectivity index (χ1v) is 7.88. The van der Waals surface area contributed by atoms with Gasteiger partial charge in [-0.2, -0.15) is 5.10 Å². The highest BCUT2D eigenvalue weighted by atomic mass is 79.9. The molecule has 0 fully saturated rings. The van der Waals surface area contributed by atoms with Crippen LogP contribution < -0.4 is 0 Å². The lowest BCUT2D eigenvalue weighted by molar-refractivity contribution is -0.0407. The molecule has 0 aromatic carbocycles. The van der Waals surface area contributed by atoms with E-state index < -0.39 is 6.10 Å². The van der Waals surface area contributed by atoms with E-state index in [9.17, 15) is 5.11 Å². The number of likely N-dealkylation sites (N-methyl/N-ethyl adjacent to an activating group) is 1. The van der Waals surface area contributed by atoms with E-state index in [-0.39, 0.29) is 5.54 Å². The summed E-state index contributed by atoms with van der Waals surface area (Å²) in [7, 11) is 1.88. The van der Waals surface area contributed by atoms with Gasteiger partial charge in [0.1, 0.15) is 6.10 Å². The molecule has 0 aliphatic carbocycles. The third-order valence-electron chi connectivity index (χ3n) is 4.32. The molecule has 1 unspecified atom stereocenters. The minimum atomic E-state index is -0.552. The molecule has 1 N–H and O–H groups in total. The first-order chi connectivity index (χ1) is 8.98. The highest BCUT2D eigenvalue weighted by Crippen LogP contribution is 2.39. The zero-order chi connectivity index (χ0) is 14.6. The van der Waals surface area contributed by atoms with Crippen LogP contribution in [-0.2, 0) is 7.05 Å². The lowest BCUT2D eigenvalue weighted by Gasteiger charge is -2.45. The lowest BCUT2D eigenvalue weighted by atomic mass is 9.82. The maximum absolute atomic E-state index is 11.0. The van der Waals surface area contributed by atoms with Crippen LogP contribution in [0.2, 0.25) is 0 Å². The van der Waals surface area contributed by atoms with E-state index in [2.05, 4.69) is 53.6 Å². The zero-order valence-corrected chi connectivity index (χ0v) is 14.2. The molecule has 0 saturated heterocycles. The molecule has 1 rings (SSSR count). The Kier molecular flexibility index (Phi) is 6.02. The summed E-state index contributed by atoms with van der Waals surface area (Å²) < 4.78 is 2.64. The summed E-state index contributed by atoms with van der Waals surface area (Å²) in [5.41, 5.74) is 0.621. The fourth-order valence-corrected chi connectivity index (χ4v) is 3.66. The molecular formula is C14H26BrN3O. The topological polar surface area (TPSA) is 41.3 Å². The van der Waals surface area contributed by atoms with Crippen molar-refractivity contribution in [2.45, 2.75) is 52.2 Å². The number of hydrogen-bond donors (Lipinski definition) is 1. The molecule has 5 heteroatoms. The third kappa shape index (κ3) is 2.88. The minimum absolute atomic E-state index is 0.236. The standard InChI is InChI=1S/C14H26BrN3O/c1-6-14(7-2,18(8-3)9-4)13(19)12-11(15)10-16-17(12)5/h10,13,19H,6-9H2,1-5H3. The van der Waals surface area contributed by atoms with Crippen LogP contribution in [0.5, 0.6) is 0 Å². The molecule has 1 aromatic heterocycles. The van der Waals surface area contributed by atoms with Gasteiger partial charge in [-0.1, -0.05) is 27.7 Å². The van der Waals surface area contributed by atoms with E-state index in [0.29, 0.717) is 0 Å². The van der Waals surface area contributed by atoms with Crippen LogP contribution in [0.25, 0.3) is 0 Å². The normalized spacial score (nSPS) is 14.1. The van der Waals surface area contributed by atoms with Crippen LogP contribution in [0, 0.1) is 0 Å². The minimum Gasteiger partial charge on any atom is -0.385 e. The van der Waals surface area contributed by atoms with Gasteiger partial charge in [-0.05, 0) is 41.9 Å². The third-order valence-corrected chi connectivity index (χ3v) is 4.93. The summed E-state index contributed by atoms with van der Waals surface area (Å²) >= 11 is 3.50. The van der Waals surface area contributed by atoms with Crippen molar-refractivity contribution in [2.24, 2.45) is 7.05 Å². The molecule has 1 heterocycles. The second kappa shape index (κ2) is 6.86. The predicted molar refractivity (Wildman–Crippen MR) is 82.1 cm³/mol. The van der Waals surface area contributed by atoms with Gasteiger partial charge in [0.2, 0.25) is 0 Å². The molecule has 0 aliphatic heterocycles. The number of aromatic nitrogens is 2. The van der Waals surface area contributed by atoms with Crippen LogP contribution in [0.4, 0.5) is 0 Å². The van der Waals surface area contributed by atoms with Crippen molar-refractivity contribution in [3.8, 4) is 0 Å². The lowest BCUT2D eigenvalue weighted by Crippen LogP contribution is -2.52. The SMILES string of the molecule is CCN(CC)C(CC)(CC)C(O)c1c(Br)cnn1C. The number of aliphatic hydroxyl groups is 1. The molecule has 1 aromatic rings. The van der Waals surface area contributed by atoms with Crippen molar-refractivity contribution >= 4 is 15.9 Å². The van der Waals surface area contributed by atoms with Crippen molar-refractivity contribution in [1.29, 1.82) is 0 Å². The summed E-state index contributed by atoms with van der Waals surface area (Å²) in [4.78, 5) is 2.36. The Bertz CT molecular complexity index is 378. The van der Waals surface area contributed by atoms with E-state index in [1.165, 1.54) is 0 Å². The number of aryl methyl sites for hydroxylation is 1. The average molecular weight is 332 g/mol. The highest BCUT2D eigenvalue weighted by Gasteiger charge is 2.41. The molecular weight excluding hydrogens is 306 g/mol. The maximum Gasteiger partial charge on any atom is 0.115 e. The Morgan fingerprint density at radius 2 is 1.84 bits per heavy atom. The Balaban J connectivity index is 3.26. The van der Waals surface area contributed by atoms with Gasteiger partial charge in [-0.3, -0.25) is 9.58 Å². The van der Waals surface area contributed by atoms with E-state index in [0.717, 1.165) is 36.1 Å². The second-order valence-electron chi connectivity index (χ2n) is 4.89. The average Bonchev–Trinajstić information content (AvgIpc) is 2.75. The van der Waals surface area contributed by atoms with Gasteiger partial charge < -0.3 is 5.11 Å². The summed E-state index contributed by atoms with van der Waals surface area (Å²) in [6.45, 7) is 10.5. The van der Waals surface area contributed by atoms with E-state index in [4.69, 9.17) is 0 Å². The van der Waals surface area contributed by atoms with Gasteiger partial charge in [0.25, 0.3) is 0 Å². The Hall–Kier alpha value is -0.390. The monoisotopic (exact) mass is 331 g/mol. The highest BCUT2D eigenvalue weighted by molar-refractivity contribution is 9.10. The van der Waals surface area contributed by atoms with Gasteiger partial charge in [0, 0.05) is 7.05 Å². The molecule has 0 aliphatic rings. The number of halogens is 1. The number of hydrogen-bond acceptors (Lipinski definition) is 3. The molecule has 0 saturated carbocycles. The fraction of sp³-hybridized carbons (Fsp3) is 0.786. The Labute approximate surface area is 124 Å². The van der Waals surface area contributed by atoms with Crippen LogP contribution in [0.15, 0.2) is 10.7 Å². The van der Waals surface area contributed by atoms with E-state index in [1.54, 1.807) is 10.9 Å². The Morgan fingerprint density at radius 1 is 1.32 bits per heavy atom. The maximum atomic E-state index is 11.0. The first kappa shape index (κ1) is 16.7. The number of nitrogens with zero attached hydrogens (tertiary/aromatic N) is 3. The quantitative estimate of drug-likeness (QED) is 0.834. The molecule has 19 heavy (non-hydrogen) atoms. The number of rotatable bonds is 7. The van der Waals surface area contributed by atoms with Crippen molar-refractivity contribution < 1.29 is 5.11 Å². The van der Waals surface area contributed by atoms with Crippen LogP contribution in [-0.4, -0.2) is 38.4 Å². The van der Waals surface area contributed by atoms with Crippen LogP contribution in [0.1, 0.15) is 52.3 Å². The summed E-state index contributed by atoms with van der Waals surface area (Å²) in [5.74, 6) is 0. The fourth-order valence-electron chi connectivity index (χ4n) is 3.09. The molecule has 0 bridgehead atoms. The van der Waals surface area contributed by atoms with Crippen molar-refractivity contribution in [1.82, 2.24) is 14.7 Å². The van der Waals surface area contributed by atoms with Crippen molar-refractivity contribution in [3.05, 3.63) is 16.4 Å². The summed E-state index contributed by atoms with van der Waals surface area (Å²) in [6.07, 6.45) is 3.01. The molecule has 110 valence electrons. The van der Waals surface area contributed by atoms with Gasteiger partial charge >= 0.3 is 0 Å². The van der Waals surface area contributed by atoms with Crippen molar-refractivity contribution in [2.75, 3.05) is 13.1 Å². The van der Waals surface area contributed by atoms with Gasteiger partial charge in [-0.25, -0.2) is 0 Å². The summed E-state index contributed by atoms with van der Waals surface area (Å²) in [5, 5.41) is 15.2. The largest absolute Gasteiger partial charge is 0.385 e. The van der Waals surface area contributed by atoms with Gasteiger partial charge in [0.15, 0.2) is 0 Å². The molecule has 0 radical (unpaired) electrons. The van der Waals surface area contributed by atoms with Crippen LogP contribution >= 0.6 is 15.9 Å². The van der Waals surface area contributed by atoms with Gasteiger partial charge in [0.05, 0.1) is 21.9 Å². The number of aliphatic hydroxyl groups excluding tert-OH is 1. The first-order valence-electron chi connectivity index (χ1n) is 7.08. The van der Waals surface area contributed by atoms with Gasteiger partial charge in [-0.15, -0.1) is 0 Å². The Morgan fingerprint density at radius 3 is 2.16 bits per heavy atom. The van der Waals surface area contributed by atoms with Crippen molar-refractivity contribution in [3.63, 3.8) is 0 Å². The second-order valence-corrected chi connectivity index (χ2v) is 5.74. The summed E-state index contributed by atoms with van der Waals surface area (Å²) in [6, 6.07) is 0. The molecule has 4 nitrogen and oxygen atoms in total. The molecule has 0 spiro atoms. The smallest absolute Gasteiger partial charge is 0.115 e. The van der Waals surface area contributed by atoms with Crippen LogP contribution in [0.3, 0.4) is 0 Å². The van der Waals surface area contributed by atoms with E-state index >= 15 is 0 Å². The molecule has 0 amide bonds. The molecule has 1 atom stereocenters. The van der Waals surface area contributed by atoms with E-state index in [1.807, 2.05) is 7.05 Å². The zero-order valence-electron chi connectivity index (χ0n) is 12.6.